The van der Waals surface area contributed by atoms with E-state index in [1.807, 2.05) is 48.3 Å². The van der Waals surface area contributed by atoms with E-state index < -0.39 is 0 Å². The fourth-order valence-corrected chi connectivity index (χ4v) is 3.81. The molecule has 1 unspecified atom stereocenters. The molecular weight excluding hydrogens is 336 g/mol. The third kappa shape index (κ3) is 3.33. The van der Waals surface area contributed by atoms with Crippen LogP contribution >= 0.6 is 0 Å². The summed E-state index contributed by atoms with van der Waals surface area (Å²) in [6, 6.07) is 16.2. The molecular formula is C22H24N4O. The molecule has 27 heavy (non-hydrogen) atoms. The van der Waals surface area contributed by atoms with Gasteiger partial charge in [0.1, 0.15) is 11.5 Å². The molecule has 1 aromatic carbocycles. The molecule has 1 aliphatic rings. The average molecular weight is 360 g/mol. The van der Waals surface area contributed by atoms with E-state index in [4.69, 9.17) is 0 Å². The molecule has 2 aromatic heterocycles. The summed E-state index contributed by atoms with van der Waals surface area (Å²) in [6.07, 6.45) is 5.55. The third-order valence-electron chi connectivity index (χ3n) is 5.14. The van der Waals surface area contributed by atoms with Crippen LogP contribution in [0.15, 0.2) is 60.9 Å². The van der Waals surface area contributed by atoms with Crippen LogP contribution in [0.3, 0.4) is 0 Å². The van der Waals surface area contributed by atoms with Gasteiger partial charge in [-0.15, -0.1) is 0 Å². The highest BCUT2D eigenvalue weighted by Crippen LogP contribution is 2.35. The van der Waals surface area contributed by atoms with Crippen molar-refractivity contribution in [1.82, 2.24) is 14.9 Å². The van der Waals surface area contributed by atoms with E-state index in [1.165, 1.54) is 11.1 Å². The fraction of sp³-hybridized carbons (Fsp3) is 0.273. The van der Waals surface area contributed by atoms with Crippen molar-refractivity contribution in [3.63, 3.8) is 0 Å². The minimum absolute atomic E-state index is 0.0323. The predicted octanol–water partition coefficient (Wildman–Crippen LogP) is 3.65. The van der Waals surface area contributed by atoms with Crippen molar-refractivity contribution in [1.29, 1.82) is 0 Å². The van der Waals surface area contributed by atoms with Gasteiger partial charge < -0.3 is 14.8 Å². The molecule has 5 nitrogen and oxygen atoms in total. The van der Waals surface area contributed by atoms with Crippen molar-refractivity contribution in [2.24, 2.45) is 0 Å². The number of benzene rings is 1. The number of carbonyl (C=O) groups is 1. The average Bonchev–Trinajstić information content (AvgIpc) is 3.15. The second-order valence-electron chi connectivity index (χ2n) is 7.13. The largest absolute Gasteiger partial charge is 0.363 e. The van der Waals surface area contributed by atoms with Crippen LogP contribution in [0.5, 0.6) is 0 Å². The van der Waals surface area contributed by atoms with Gasteiger partial charge in [0.15, 0.2) is 0 Å². The number of nitrogens with zero attached hydrogens (tertiary/aromatic N) is 3. The van der Waals surface area contributed by atoms with Crippen LogP contribution in [0.25, 0.3) is 0 Å². The summed E-state index contributed by atoms with van der Waals surface area (Å²) in [4.78, 5) is 24.8. The quantitative estimate of drug-likeness (QED) is 0.776. The number of aromatic nitrogens is 2. The van der Waals surface area contributed by atoms with E-state index in [1.54, 1.807) is 6.20 Å². The molecule has 0 spiro atoms. The van der Waals surface area contributed by atoms with Gasteiger partial charge in [-0.25, -0.2) is 4.98 Å². The van der Waals surface area contributed by atoms with Crippen molar-refractivity contribution in [3.8, 4) is 0 Å². The number of fused-ring (bicyclic) bond motifs is 1. The summed E-state index contributed by atoms with van der Waals surface area (Å²) >= 11 is 0. The van der Waals surface area contributed by atoms with E-state index in [0.717, 1.165) is 30.8 Å². The Hall–Kier alpha value is -3.08. The Labute approximate surface area is 159 Å². The molecule has 0 fully saturated rings. The van der Waals surface area contributed by atoms with E-state index >= 15 is 0 Å². The van der Waals surface area contributed by atoms with Crippen LogP contribution in [0.2, 0.25) is 0 Å². The zero-order valence-electron chi connectivity index (χ0n) is 15.7. The number of aryl methyl sites for hydroxylation is 1. The van der Waals surface area contributed by atoms with Gasteiger partial charge in [0.05, 0.1) is 6.04 Å². The van der Waals surface area contributed by atoms with Crippen molar-refractivity contribution in [2.45, 2.75) is 18.9 Å². The maximum Gasteiger partial charge on any atom is 0.271 e. The maximum atomic E-state index is 13.3. The molecule has 0 bridgehead atoms. The molecule has 0 saturated carbocycles. The number of H-pyrrole nitrogens is 1. The lowest BCUT2D eigenvalue weighted by Crippen LogP contribution is -2.36. The predicted molar refractivity (Wildman–Crippen MR) is 107 cm³/mol. The summed E-state index contributed by atoms with van der Waals surface area (Å²) < 4.78 is 0. The van der Waals surface area contributed by atoms with Crippen LogP contribution in [0.4, 0.5) is 5.82 Å². The Morgan fingerprint density at radius 1 is 1.19 bits per heavy atom. The van der Waals surface area contributed by atoms with Gasteiger partial charge in [-0.1, -0.05) is 24.3 Å². The lowest BCUT2D eigenvalue weighted by atomic mass is 9.93. The van der Waals surface area contributed by atoms with Gasteiger partial charge in [0.25, 0.3) is 5.91 Å². The van der Waals surface area contributed by atoms with Crippen LogP contribution < -0.4 is 4.90 Å². The number of hydrogen-bond acceptors (Lipinski definition) is 3. The number of aromatic amines is 1. The molecule has 1 N–H and O–H groups in total. The molecule has 1 amide bonds. The minimum Gasteiger partial charge on any atom is -0.363 e. The Bertz CT molecular complexity index is 933. The number of amides is 1. The van der Waals surface area contributed by atoms with E-state index in [-0.39, 0.29) is 11.9 Å². The van der Waals surface area contributed by atoms with Gasteiger partial charge in [-0.05, 0) is 53.8 Å². The monoisotopic (exact) mass is 360 g/mol. The minimum atomic E-state index is -0.124. The van der Waals surface area contributed by atoms with Crippen molar-refractivity contribution in [2.75, 3.05) is 25.5 Å². The Balaban J connectivity index is 1.85. The van der Waals surface area contributed by atoms with Gasteiger partial charge >= 0.3 is 0 Å². The molecule has 4 rings (SSSR count). The smallest absolute Gasteiger partial charge is 0.271 e. The van der Waals surface area contributed by atoms with Crippen LogP contribution in [-0.4, -0.2) is 41.4 Å². The summed E-state index contributed by atoms with van der Waals surface area (Å²) in [5.41, 5.74) is 4.22. The topological polar surface area (TPSA) is 52.2 Å². The molecule has 1 aliphatic heterocycles. The SMILES string of the molecule is CN(C)c1cc(C2c3ccccc3CCCN2C(=O)c2ccc[nH]2)ccn1. The zero-order valence-corrected chi connectivity index (χ0v) is 15.7. The van der Waals surface area contributed by atoms with Gasteiger partial charge in [0, 0.05) is 33.0 Å². The van der Waals surface area contributed by atoms with Crippen molar-refractivity contribution < 1.29 is 4.79 Å². The third-order valence-corrected chi connectivity index (χ3v) is 5.14. The fourth-order valence-electron chi connectivity index (χ4n) is 3.81. The molecule has 0 radical (unpaired) electrons. The first-order chi connectivity index (χ1) is 13.1. The molecule has 0 saturated heterocycles. The van der Waals surface area contributed by atoms with E-state index in [9.17, 15) is 4.79 Å². The number of nitrogens with one attached hydrogen (secondary N) is 1. The first-order valence-corrected chi connectivity index (χ1v) is 9.30. The molecule has 3 heterocycles. The highest BCUT2D eigenvalue weighted by molar-refractivity contribution is 5.93. The first-order valence-electron chi connectivity index (χ1n) is 9.30. The Kier molecular flexibility index (Phi) is 4.67. The Morgan fingerprint density at radius 2 is 2.04 bits per heavy atom. The second kappa shape index (κ2) is 7.27. The van der Waals surface area contributed by atoms with Crippen molar-refractivity contribution >= 4 is 11.7 Å². The second-order valence-corrected chi connectivity index (χ2v) is 7.13. The van der Waals surface area contributed by atoms with Gasteiger partial charge in [-0.2, -0.15) is 0 Å². The molecule has 1 atom stereocenters. The Morgan fingerprint density at radius 3 is 2.81 bits per heavy atom. The zero-order chi connectivity index (χ0) is 18.8. The lowest BCUT2D eigenvalue weighted by molar-refractivity contribution is 0.0704. The number of pyridine rings is 1. The van der Waals surface area contributed by atoms with E-state index in [0.29, 0.717) is 5.69 Å². The molecule has 3 aromatic rings. The van der Waals surface area contributed by atoms with Gasteiger partial charge in [0.2, 0.25) is 0 Å². The normalized spacial score (nSPS) is 16.5. The summed E-state index contributed by atoms with van der Waals surface area (Å²) in [5.74, 6) is 0.923. The van der Waals surface area contributed by atoms with Crippen LogP contribution in [0, 0.1) is 0 Å². The van der Waals surface area contributed by atoms with E-state index in [2.05, 4.69) is 40.3 Å². The highest BCUT2D eigenvalue weighted by atomic mass is 16.2. The lowest BCUT2D eigenvalue weighted by Gasteiger charge is -2.32. The molecule has 5 heteroatoms. The number of carbonyl (C=O) groups excluding carboxylic acids is 1. The number of hydrogen-bond donors (Lipinski definition) is 1. The molecule has 0 aliphatic carbocycles. The number of anilines is 1. The summed E-state index contributed by atoms with van der Waals surface area (Å²) in [5, 5.41) is 0. The first kappa shape index (κ1) is 17.3. The maximum absolute atomic E-state index is 13.3. The summed E-state index contributed by atoms with van der Waals surface area (Å²) in [7, 11) is 3.96. The highest BCUT2D eigenvalue weighted by Gasteiger charge is 2.31. The standard InChI is InChI=1S/C22H24N4O/c1-25(2)20-15-17(11-13-24-20)21-18-9-4-3-7-16(18)8-6-14-26(21)22(27)19-10-5-12-23-19/h3-5,7,9-13,15,21,23H,6,8,14H2,1-2H3. The van der Waals surface area contributed by atoms with Gasteiger partial charge in [-0.3, -0.25) is 4.79 Å². The number of rotatable bonds is 3. The van der Waals surface area contributed by atoms with Crippen LogP contribution in [-0.2, 0) is 6.42 Å². The summed E-state index contributed by atoms with van der Waals surface area (Å²) in [6.45, 7) is 0.719. The van der Waals surface area contributed by atoms with Crippen molar-refractivity contribution in [3.05, 3.63) is 83.3 Å². The van der Waals surface area contributed by atoms with Crippen LogP contribution in [0.1, 0.15) is 39.6 Å². The molecule has 138 valence electrons.